The lowest BCUT2D eigenvalue weighted by molar-refractivity contribution is -0.172. The molecule has 0 spiro atoms. The van der Waals surface area contributed by atoms with Gasteiger partial charge in [-0.05, 0) is 52.3 Å². The smallest absolute Gasteiger partial charge is 0.412 e. The molecule has 1 unspecified atom stereocenters. The molecule has 11 nitrogen and oxygen atoms in total. The monoisotopic (exact) mass is 579 g/mol. The number of aromatic nitrogens is 2. The van der Waals surface area contributed by atoms with Gasteiger partial charge in [-0.3, -0.25) is 10.1 Å². The van der Waals surface area contributed by atoms with E-state index < -0.39 is 46.7 Å². The van der Waals surface area contributed by atoms with Crippen LogP contribution in [0.2, 0.25) is 0 Å². The first-order valence-electron chi connectivity index (χ1n) is 13.3. The summed E-state index contributed by atoms with van der Waals surface area (Å²) in [6.07, 6.45) is -2.04. The van der Waals surface area contributed by atoms with Crippen LogP contribution in [0.5, 0.6) is 0 Å². The summed E-state index contributed by atoms with van der Waals surface area (Å²) >= 11 is 0. The fourth-order valence-electron chi connectivity index (χ4n) is 4.98. The van der Waals surface area contributed by atoms with Gasteiger partial charge in [0.25, 0.3) is 5.56 Å². The van der Waals surface area contributed by atoms with Crippen molar-refractivity contribution in [2.24, 2.45) is 0 Å². The van der Waals surface area contributed by atoms with Crippen LogP contribution in [0.1, 0.15) is 57.7 Å². The number of carbonyl (C=O) groups is 3. The van der Waals surface area contributed by atoms with Gasteiger partial charge in [-0.15, -0.1) is 0 Å². The molecule has 0 fully saturated rings. The van der Waals surface area contributed by atoms with E-state index in [0.29, 0.717) is 22.3 Å². The molecule has 42 heavy (non-hydrogen) atoms. The molecular formula is C30H30FN3O8. The number of halogens is 1. The minimum absolute atomic E-state index is 0.0110. The molecule has 2 aromatic heterocycles. The fourth-order valence-corrected chi connectivity index (χ4v) is 4.98. The molecular weight excluding hydrogens is 549 g/mol. The third kappa shape index (κ3) is 4.91. The first-order chi connectivity index (χ1) is 19.6. The number of anilines is 1. The van der Waals surface area contributed by atoms with E-state index in [0.717, 1.165) is 6.07 Å². The molecule has 0 aliphatic carbocycles. The summed E-state index contributed by atoms with van der Waals surface area (Å²) < 4.78 is 32.1. The highest BCUT2D eigenvalue weighted by atomic mass is 19.1. The number of amides is 1. The zero-order valence-electron chi connectivity index (χ0n) is 23.8. The van der Waals surface area contributed by atoms with Crippen LogP contribution in [0.25, 0.3) is 22.3 Å². The number of nitrogens with zero attached hydrogens (tertiary/aromatic N) is 2. The van der Waals surface area contributed by atoms with Gasteiger partial charge in [-0.2, -0.15) is 0 Å². The van der Waals surface area contributed by atoms with Crippen molar-refractivity contribution in [3.63, 3.8) is 0 Å². The summed E-state index contributed by atoms with van der Waals surface area (Å²) in [4.78, 5) is 55.0. The number of benzene rings is 1. The molecule has 3 aromatic rings. The standard InChI is InChI=1S/C30H30FN3O8/c1-7-30(39)19-10-23-24-17(12-34(23)25(35)18(19)13-40-27(30)37)8-16-9-22(20(31)11-21(16)32-24)33-28(38)41-15(3)14(2)26(36)42-29(4,5)6/h8-11,15,39H,2,7,12-13H2,1,3-6H3,(H,33,38)/t15?,30-/m0/s1. The largest absolute Gasteiger partial charge is 0.458 e. The first-order valence-corrected chi connectivity index (χ1v) is 13.3. The maximum Gasteiger partial charge on any atom is 0.412 e. The molecule has 0 bridgehead atoms. The Hall–Kier alpha value is -4.58. The Morgan fingerprint density at radius 2 is 1.98 bits per heavy atom. The van der Waals surface area contributed by atoms with Crippen LogP contribution in [-0.4, -0.2) is 44.4 Å². The van der Waals surface area contributed by atoms with E-state index in [1.54, 1.807) is 39.8 Å². The van der Waals surface area contributed by atoms with E-state index in [1.807, 2.05) is 0 Å². The Balaban J connectivity index is 1.42. The summed E-state index contributed by atoms with van der Waals surface area (Å²) in [5, 5.41) is 13.8. The van der Waals surface area contributed by atoms with Gasteiger partial charge in [0.1, 0.15) is 24.1 Å². The van der Waals surface area contributed by atoms with Crippen molar-refractivity contribution in [2.75, 3.05) is 5.32 Å². The topological polar surface area (TPSA) is 146 Å². The molecule has 2 N–H and O–H groups in total. The number of pyridine rings is 2. The Kier molecular flexibility index (Phi) is 6.92. The average Bonchev–Trinajstić information content (AvgIpc) is 3.26. The van der Waals surface area contributed by atoms with Crippen molar-refractivity contribution in [3.8, 4) is 11.4 Å². The minimum atomic E-state index is -1.96. The summed E-state index contributed by atoms with van der Waals surface area (Å²) in [7, 11) is 0. The van der Waals surface area contributed by atoms with E-state index in [9.17, 15) is 24.3 Å². The van der Waals surface area contributed by atoms with E-state index in [-0.39, 0.29) is 47.5 Å². The van der Waals surface area contributed by atoms with Crippen LogP contribution in [0.3, 0.4) is 0 Å². The zero-order chi connectivity index (χ0) is 30.7. The van der Waals surface area contributed by atoms with Crippen molar-refractivity contribution in [2.45, 2.75) is 71.5 Å². The first kappa shape index (κ1) is 28.9. The lowest BCUT2D eigenvalue weighted by Crippen LogP contribution is -2.44. The highest BCUT2D eigenvalue weighted by molar-refractivity contribution is 5.93. The predicted octanol–water partition coefficient (Wildman–Crippen LogP) is 4.05. The number of carbonyl (C=O) groups excluding carboxylic acids is 3. The molecule has 12 heteroatoms. The number of rotatable bonds is 5. The van der Waals surface area contributed by atoms with E-state index in [1.165, 1.54) is 17.6 Å². The fraction of sp³-hybridized carbons (Fsp3) is 0.367. The molecule has 4 heterocycles. The third-order valence-corrected chi connectivity index (χ3v) is 7.27. The lowest BCUT2D eigenvalue weighted by atomic mass is 9.86. The van der Waals surface area contributed by atoms with Crippen LogP contribution >= 0.6 is 0 Å². The third-order valence-electron chi connectivity index (χ3n) is 7.27. The SMILES string of the molecule is C=C(C(=O)OC(C)(C)C)C(C)OC(=O)Nc1cc2cc3c(nc2cc1F)-c1cc2c(c(=O)n1C3)COC(=O)[C@]2(O)CC. The van der Waals surface area contributed by atoms with E-state index in [4.69, 9.17) is 14.2 Å². The maximum atomic E-state index is 15.1. The Morgan fingerprint density at radius 3 is 2.64 bits per heavy atom. The summed E-state index contributed by atoms with van der Waals surface area (Å²) in [6.45, 7) is 11.7. The number of nitrogens with one attached hydrogen (secondary N) is 1. The number of hydrogen-bond acceptors (Lipinski definition) is 9. The Bertz CT molecular complexity index is 1760. The van der Waals surface area contributed by atoms with Gasteiger partial charge in [-0.25, -0.2) is 23.8 Å². The predicted molar refractivity (Wildman–Crippen MR) is 149 cm³/mol. The minimum Gasteiger partial charge on any atom is -0.458 e. The quantitative estimate of drug-likeness (QED) is 0.203. The normalized spacial score (nSPS) is 17.9. The highest BCUT2D eigenvalue weighted by Crippen LogP contribution is 2.39. The van der Waals surface area contributed by atoms with Crippen molar-refractivity contribution in [1.29, 1.82) is 0 Å². The second-order valence-electron chi connectivity index (χ2n) is 11.3. The van der Waals surface area contributed by atoms with Gasteiger partial charge >= 0.3 is 18.0 Å². The second kappa shape index (κ2) is 10.1. The maximum absolute atomic E-state index is 15.1. The molecule has 2 aliphatic rings. The molecule has 0 radical (unpaired) electrons. The number of ether oxygens (including phenoxy) is 3. The second-order valence-corrected chi connectivity index (χ2v) is 11.3. The molecule has 5 rings (SSSR count). The molecule has 1 amide bonds. The van der Waals surface area contributed by atoms with Gasteiger partial charge in [0.2, 0.25) is 0 Å². The van der Waals surface area contributed by atoms with E-state index >= 15 is 4.39 Å². The van der Waals surface area contributed by atoms with Crippen LogP contribution in [0.15, 0.2) is 41.2 Å². The number of fused-ring (bicyclic) bond motifs is 5. The van der Waals surface area contributed by atoms with Gasteiger partial charge in [-0.1, -0.05) is 13.5 Å². The lowest BCUT2D eigenvalue weighted by Gasteiger charge is -2.31. The van der Waals surface area contributed by atoms with E-state index in [2.05, 4.69) is 16.9 Å². The van der Waals surface area contributed by atoms with Gasteiger partial charge < -0.3 is 23.9 Å². The molecule has 1 aromatic carbocycles. The number of hydrogen-bond donors (Lipinski definition) is 2. The summed E-state index contributed by atoms with van der Waals surface area (Å²) in [5.74, 6) is -2.34. The molecule has 220 valence electrons. The van der Waals surface area contributed by atoms with Gasteiger partial charge in [0.15, 0.2) is 5.60 Å². The Morgan fingerprint density at radius 1 is 1.26 bits per heavy atom. The molecule has 0 saturated carbocycles. The molecule has 2 aliphatic heterocycles. The average molecular weight is 580 g/mol. The van der Waals surface area contributed by atoms with Crippen molar-refractivity contribution in [1.82, 2.24) is 9.55 Å². The number of cyclic esters (lactones) is 1. The molecule has 0 saturated heterocycles. The summed E-state index contributed by atoms with van der Waals surface area (Å²) in [6, 6.07) is 5.80. The van der Waals surface area contributed by atoms with Crippen molar-refractivity contribution < 1.29 is 38.1 Å². The number of esters is 2. The zero-order valence-corrected chi connectivity index (χ0v) is 23.8. The van der Waals surface area contributed by atoms with Crippen LogP contribution in [0, 0.1) is 5.82 Å². The molecule has 2 atom stereocenters. The van der Waals surface area contributed by atoms with Crippen molar-refractivity contribution in [3.05, 3.63) is 69.3 Å². The summed E-state index contributed by atoms with van der Waals surface area (Å²) in [5.41, 5.74) is -1.32. The highest BCUT2D eigenvalue weighted by Gasteiger charge is 2.45. The van der Waals surface area contributed by atoms with Crippen LogP contribution in [0.4, 0.5) is 14.9 Å². The van der Waals surface area contributed by atoms with Crippen molar-refractivity contribution >= 4 is 34.6 Å². The van der Waals surface area contributed by atoms with Gasteiger partial charge in [0.05, 0.1) is 40.3 Å². The van der Waals surface area contributed by atoms with Gasteiger partial charge in [0, 0.05) is 22.6 Å². The Labute approximate surface area is 239 Å². The van der Waals surface area contributed by atoms with Crippen LogP contribution < -0.4 is 10.9 Å². The van der Waals surface area contributed by atoms with Crippen LogP contribution in [-0.2, 0) is 42.6 Å². The number of aliphatic hydroxyl groups is 1.